The maximum Gasteiger partial charge on any atom is 0.305 e. The third-order valence-electron chi connectivity index (χ3n) is 4.04. The Balaban J connectivity index is 0.00000625. The molecular weight excluding hydrogens is 448 g/mol. The number of carbonyl (C=O) groups is 1. The normalized spacial score (nSPS) is 10.8. The molecule has 0 saturated carbocycles. The van der Waals surface area contributed by atoms with E-state index in [4.69, 9.17) is 0 Å². The summed E-state index contributed by atoms with van der Waals surface area (Å²) in [6.07, 6.45) is 5.30. The Morgan fingerprint density at radius 3 is 2.50 bits per heavy atom. The van der Waals surface area contributed by atoms with Gasteiger partial charge in [-0.05, 0) is 49.4 Å². The maximum atomic E-state index is 13.1. The molecule has 1 rings (SSSR count). The van der Waals surface area contributed by atoms with Crippen molar-refractivity contribution in [2.24, 2.45) is 4.99 Å². The Morgan fingerprint density at radius 1 is 1.15 bits per heavy atom. The van der Waals surface area contributed by atoms with Crippen molar-refractivity contribution in [1.29, 1.82) is 0 Å². The van der Waals surface area contributed by atoms with Gasteiger partial charge in [-0.1, -0.05) is 18.9 Å². The number of halogens is 2. The number of methoxy groups -OCH3 is 1. The lowest BCUT2D eigenvalue weighted by atomic mass is 10.1. The van der Waals surface area contributed by atoms with E-state index in [0.29, 0.717) is 6.42 Å². The van der Waals surface area contributed by atoms with Crippen LogP contribution in [0.3, 0.4) is 0 Å². The summed E-state index contributed by atoms with van der Waals surface area (Å²) in [5.41, 5.74) is 2.10. The third-order valence-corrected chi connectivity index (χ3v) is 4.04. The van der Waals surface area contributed by atoms with Crippen LogP contribution in [0.4, 0.5) is 4.39 Å². The molecule has 0 atom stereocenters. The van der Waals surface area contributed by atoms with Gasteiger partial charge in [0.2, 0.25) is 0 Å². The number of nitrogens with one attached hydrogen (secondary N) is 2. The molecule has 0 heterocycles. The highest BCUT2D eigenvalue weighted by molar-refractivity contribution is 14.0. The topological polar surface area (TPSA) is 62.7 Å². The molecule has 0 unspecified atom stereocenters. The Bertz CT molecular complexity index is 568. The molecule has 0 bridgehead atoms. The first kappa shape index (κ1) is 24.6. The summed E-state index contributed by atoms with van der Waals surface area (Å²) in [7, 11) is 3.16. The lowest BCUT2D eigenvalue weighted by Gasteiger charge is -2.12. The molecule has 26 heavy (non-hydrogen) atoms. The monoisotopic (exact) mass is 479 g/mol. The van der Waals surface area contributed by atoms with Gasteiger partial charge in [0.1, 0.15) is 5.82 Å². The van der Waals surface area contributed by atoms with Crippen LogP contribution in [0.5, 0.6) is 0 Å². The lowest BCUT2D eigenvalue weighted by molar-refractivity contribution is -0.140. The fraction of sp³-hybridized carbons (Fsp3) is 0.579. The molecule has 0 fully saturated rings. The zero-order chi connectivity index (χ0) is 18.5. The van der Waals surface area contributed by atoms with Gasteiger partial charge in [0, 0.05) is 26.6 Å². The van der Waals surface area contributed by atoms with Crippen molar-refractivity contribution in [2.75, 3.05) is 27.2 Å². The number of ether oxygens (including phenoxy) is 1. The van der Waals surface area contributed by atoms with Gasteiger partial charge in [-0.3, -0.25) is 9.79 Å². The van der Waals surface area contributed by atoms with Crippen LogP contribution in [0.25, 0.3) is 0 Å². The Hall–Kier alpha value is -1.38. The number of rotatable bonds is 10. The zero-order valence-corrected chi connectivity index (χ0v) is 18.3. The molecule has 0 aliphatic rings. The Labute approximate surface area is 173 Å². The van der Waals surface area contributed by atoms with Crippen LogP contribution in [0.1, 0.15) is 43.2 Å². The summed E-state index contributed by atoms with van der Waals surface area (Å²) in [6, 6.07) is 4.88. The smallest absolute Gasteiger partial charge is 0.305 e. The van der Waals surface area contributed by atoms with Crippen LogP contribution in [-0.4, -0.2) is 39.2 Å². The van der Waals surface area contributed by atoms with Crippen molar-refractivity contribution in [3.05, 3.63) is 35.1 Å². The van der Waals surface area contributed by atoms with Crippen molar-refractivity contribution in [2.45, 2.75) is 45.4 Å². The van der Waals surface area contributed by atoms with E-state index in [1.54, 1.807) is 13.1 Å². The number of hydrogen-bond donors (Lipinski definition) is 2. The van der Waals surface area contributed by atoms with Gasteiger partial charge in [0.25, 0.3) is 0 Å². The first-order valence-electron chi connectivity index (χ1n) is 8.83. The Morgan fingerprint density at radius 2 is 1.85 bits per heavy atom. The number of hydrogen-bond acceptors (Lipinski definition) is 3. The molecule has 1 aromatic carbocycles. The van der Waals surface area contributed by atoms with E-state index in [2.05, 4.69) is 20.4 Å². The minimum absolute atomic E-state index is 0. The van der Waals surface area contributed by atoms with Crippen molar-refractivity contribution in [1.82, 2.24) is 10.6 Å². The van der Waals surface area contributed by atoms with E-state index in [1.807, 2.05) is 13.0 Å². The van der Waals surface area contributed by atoms with Crippen LogP contribution >= 0.6 is 24.0 Å². The summed E-state index contributed by atoms with van der Waals surface area (Å²) in [4.78, 5) is 15.2. The predicted molar refractivity (Wildman–Crippen MR) is 115 cm³/mol. The molecule has 148 valence electrons. The van der Waals surface area contributed by atoms with E-state index in [0.717, 1.165) is 62.3 Å². The van der Waals surface area contributed by atoms with Crippen molar-refractivity contribution in [3.8, 4) is 0 Å². The molecule has 0 spiro atoms. The van der Waals surface area contributed by atoms with Gasteiger partial charge in [-0.2, -0.15) is 0 Å². The van der Waals surface area contributed by atoms with Gasteiger partial charge in [-0.15, -0.1) is 24.0 Å². The summed E-state index contributed by atoms with van der Waals surface area (Å²) < 4.78 is 17.7. The standard InChI is InChI=1S/C19H30FN3O2.HI/c1-15-14-17(20)10-9-16(15)11-13-23-19(21-2)22-12-7-5-4-6-8-18(24)25-3;/h9-10,14H,4-8,11-13H2,1-3H3,(H2,21,22,23);1H. The average molecular weight is 479 g/mol. The number of esters is 1. The highest BCUT2D eigenvalue weighted by Gasteiger charge is 2.02. The third kappa shape index (κ3) is 10.6. The largest absolute Gasteiger partial charge is 0.469 e. The quantitative estimate of drug-likeness (QED) is 0.177. The van der Waals surface area contributed by atoms with Crippen LogP contribution < -0.4 is 10.6 Å². The first-order valence-corrected chi connectivity index (χ1v) is 8.83. The van der Waals surface area contributed by atoms with E-state index in [1.165, 1.54) is 13.2 Å². The van der Waals surface area contributed by atoms with Gasteiger partial charge in [-0.25, -0.2) is 4.39 Å². The minimum Gasteiger partial charge on any atom is -0.469 e. The first-order chi connectivity index (χ1) is 12.1. The number of guanidine groups is 1. The SMILES string of the molecule is CN=C(NCCCCCCC(=O)OC)NCCc1ccc(F)cc1C.I. The molecule has 1 aromatic rings. The van der Waals surface area contributed by atoms with Crippen LogP contribution in [0.15, 0.2) is 23.2 Å². The molecule has 0 aliphatic carbocycles. The second-order valence-electron chi connectivity index (χ2n) is 5.99. The van der Waals surface area contributed by atoms with Crippen molar-refractivity contribution >= 4 is 35.9 Å². The molecular formula is C19H31FIN3O2. The zero-order valence-electron chi connectivity index (χ0n) is 15.9. The molecule has 0 amide bonds. The van der Waals surface area contributed by atoms with E-state index < -0.39 is 0 Å². The lowest BCUT2D eigenvalue weighted by Crippen LogP contribution is -2.38. The van der Waals surface area contributed by atoms with Crippen molar-refractivity contribution in [3.63, 3.8) is 0 Å². The van der Waals surface area contributed by atoms with E-state index in [-0.39, 0.29) is 35.8 Å². The van der Waals surface area contributed by atoms with Crippen LogP contribution in [-0.2, 0) is 16.0 Å². The summed E-state index contributed by atoms with van der Waals surface area (Å²) in [6.45, 7) is 3.50. The minimum atomic E-state index is -0.196. The molecule has 0 aromatic heterocycles. The molecule has 0 saturated heterocycles. The Kier molecular flexibility index (Phi) is 14.0. The number of unbranched alkanes of at least 4 members (excludes halogenated alkanes) is 3. The number of nitrogens with zero attached hydrogens (tertiary/aromatic N) is 1. The van der Waals surface area contributed by atoms with Crippen molar-refractivity contribution < 1.29 is 13.9 Å². The molecule has 0 radical (unpaired) electrons. The highest BCUT2D eigenvalue weighted by Crippen LogP contribution is 2.10. The second-order valence-corrected chi connectivity index (χ2v) is 5.99. The van der Waals surface area contributed by atoms with Crippen LogP contribution in [0, 0.1) is 12.7 Å². The van der Waals surface area contributed by atoms with Gasteiger partial charge in [0.05, 0.1) is 7.11 Å². The van der Waals surface area contributed by atoms with Crippen LogP contribution in [0.2, 0.25) is 0 Å². The molecule has 0 aliphatic heterocycles. The molecule has 7 heteroatoms. The molecule has 2 N–H and O–H groups in total. The number of aliphatic imine (C=N–C) groups is 1. The predicted octanol–water partition coefficient (Wildman–Crippen LogP) is 3.58. The summed E-state index contributed by atoms with van der Waals surface area (Å²) in [5, 5.41) is 6.55. The van der Waals surface area contributed by atoms with E-state index in [9.17, 15) is 9.18 Å². The van der Waals surface area contributed by atoms with Gasteiger partial charge >= 0.3 is 5.97 Å². The number of aryl methyl sites for hydroxylation is 1. The molecule has 5 nitrogen and oxygen atoms in total. The fourth-order valence-electron chi connectivity index (χ4n) is 2.53. The van der Waals surface area contributed by atoms with Gasteiger partial charge < -0.3 is 15.4 Å². The summed E-state index contributed by atoms with van der Waals surface area (Å²) >= 11 is 0. The maximum absolute atomic E-state index is 13.1. The number of carbonyl (C=O) groups excluding carboxylic acids is 1. The average Bonchev–Trinajstić information content (AvgIpc) is 2.60. The second kappa shape index (κ2) is 14.8. The van der Waals surface area contributed by atoms with Gasteiger partial charge in [0.15, 0.2) is 5.96 Å². The number of benzene rings is 1. The highest BCUT2D eigenvalue weighted by atomic mass is 127. The van der Waals surface area contributed by atoms with E-state index >= 15 is 0 Å². The fourth-order valence-corrected chi connectivity index (χ4v) is 2.53. The summed E-state index contributed by atoms with van der Waals surface area (Å²) in [5.74, 6) is 0.437.